The van der Waals surface area contributed by atoms with E-state index in [9.17, 15) is 5.11 Å². The van der Waals surface area contributed by atoms with Gasteiger partial charge in [0.15, 0.2) is 0 Å². The Balaban J connectivity index is 1.39. The molecule has 3 aromatic rings. The molecule has 0 radical (unpaired) electrons. The number of aromatic nitrogens is 2. The van der Waals surface area contributed by atoms with Crippen molar-refractivity contribution in [3.05, 3.63) is 77.7 Å². The normalized spacial score (nSPS) is 14.7. The molecular formula is C28H35N3O. The van der Waals surface area contributed by atoms with Gasteiger partial charge in [0.05, 0.1) is 5.69 Å². The van der Waals surface area contributed by atoms with Crippen LogP contribution in [0.2, 0.25) is 0 Å². The van der Waals surface area contributed by atoms with Crippen molar-refractivity contribution >= 4 is 0 Å². The lowest BCUT2D eigenvalue weighted by atomic mass is 9.93. The first-order valence-corrected chi connectivity index (χ1v) is 12.1. The van der Waals surface area contributed by atoms with Gasteiger partial charge in [-0.1, -0.05) is 56.5 Å². The highest BCUT2D eigenvalue weighted by molar-refractivity contribution is 5.59. The van der Waals surface area contributed by atoms with Crippen LogP contribution >= 0.6 is 0 Å². The fraction of sp³-hybridized carbons (Fsp3) is 0.429. The lowest BCUT2D eigenvalue weighted by Crippen LogP contribution is -2.36. The highest BCUT2D eigenvalue weighted by Gasteiger charge is 2.20. The van der Waals surface area contributed by atoms with Crippen LogP contribution in [0.1, 0.15) is 62.4 Å². The SMILES string of the molecule is CCN(Cc1cccc(-c2ccnc(CCCc3ccc(O)cc3)n2)c1)C1CCCCC1. The van der Waals surface area contributed by atoms with Crippen LogP contribution in [0.25, 0.3) is 11.3 Å². The van der Waals surface area contributed by atoms with Crippen molar-refractivity contribution in [3.8, 4) is 17.0 Å². The predicted octanol–water partition coefficient (Wildman–Crippen LogP) is 6.18. The average Bonchev–Trinajstić information content (AvgIpc) is 2.85. The molecular weight excluding hydrogens is 394 g/mol. The molecule has 0 spiro atoms. The number of aromatic hydroxyl groups is 1. The Morgan fingerprint density at radius 1 is 0.938 bits per heavy atom. The molecule has 1 aliphatic carbocycles. The first kappa shape index (κ1) is 22.5. The Morgan fingerprint density at radius 2 is 1.75 bits per heavy atom. The summed E-state index contributed by atoms with van der Waals surface area (Å²) in [5, 5.41) is 9.42. The summed E-state index contributed by atoms with van der Waals surface area (Å²) < 4.78 is 0. The van der Waals surface area contributed by atoms with Crippen LogP contribution in [0.15, 0.2) is 60.8 Å². The van der Waals surface area contributed by atoms with Crippen LogP contribution in [0.5, 0.6) is 5.75 Å². The lowest BCUT2D eigenvalue weighted by Gasteiger charge is -2.33. The summed E-state index contributed by atoms with van der Waals surface area (Å²) in [4.78, 5) is 12.0. The van der Waals surface area contributed by atoms with Crippen molar-refractivity contribution < 1.29 is 5.11 Å². The number of aryl methyl sites for hydroxylation is 2. The summed E-state index contributed by atoms with van der Waals surface area (Å²) in [6, 6.07) is 19.0. The van der Waals surface area contributed by atoms with E-state index in [0.717, 1.165) is 49.9 Å². The number of phenolic OH excluding ortho intramolecular Hbond substituents is 1. The number of rotatable bonds is 9. The van der Waals surface area contributed by atoms with Gasteiger partial charge in [-0.05, 0) is 67.6 Å². The summed E-state index contributed by atoms with van der Waals surface area (Å²) in [7, 11) is 0. The molecule has 1 N–H and O–H groups in total. The molecule has 0 bridgehead atoms. The molecule has 0 aliphatic heterocycles. The van der Waals surface area contributed by atoms with Gasteiger partial charge in [0.25, 0.3) is 0 Å². The maximum atomic E-state index is 9.42. The molecule has 0 atom stereocenters. The minimum absolute atomic E-state index is 0.313. The molecule has 4 rings (SSSR count). The Bertz CT molecular complexity index is 980. The van der Waals surface area contributed by atoms with Gasteiger partial charge in [-0.15, -0.1) is 0 Å². The molecule has 1 heterocycles. The standard InChI is InChI=1S/C28H35N3O/c1-2-31(25-11-4-3-5-12-25)21-23-9-6-10-24(20-23)27-18-19-29-28(30-27)13-7-8-22-14-16-26(32)17-15-22/h6,9-10,14-20,25,32H,2-5,7-8,11-13,21H2,1H3. The molecule has 4 heteroatoms. The molecule has 1 aliphatic rings. The third-order valence-corrected chi connectivity index (χ3v) is 6.61. The first-order valence-electron chi connectivity index (χ1n) is 12.1. The molecule has 4 nitrogen and oxygen atoms in total. The van der Waals surface area contributed by atoms with Crippen molar-refractivity contribution in [2.75, 3.05) is 6.54 Å². The van der Waals surface area contributed by atoms with Gasteiger partial charge in [0.2, 0.25) is 0 Å². The molecule has 1 saturated carbocycles. The van der Waals surface area contributed by atoms with Crippen LogP contribution < -0.4 is 0 Å². The minimum atomic E-state index is 0.313. The molecule has 2 aromatic carbocycles. The van der Waals surface area contributed by atoms with Gasteiger partial charge < -0.3 is 5.11 Å². The van der Waals surface area contributed by atoms with E-state index in [-0.39, 0.29) is 0 Å². The van der Waals surface area contributed by atoms with E-state index in [1.807, 2.05) is 24.4 Å². The highest BCUT2D eigenvalue weighted by Crippen LogP contribution is 2.25. The zero-order valence-corrected chi connectivity index (χ0v) is 19.2. The second-order valence-electron chi connectivity index (χ2n) is 8.93. The second-order valence-corrected chi connectivity index (χ2v) is 8.93. The van der Waals surface area contributed by atoms with Crippen molar-refractivity contribution in [1.82, 2.24) is 14.9 Å². The first-order chi connectivity index (χ1) is 15.7. The molecule has 168 valence electrons. The molecule has 0 unspecified atom stereocenters. The Morgan fingerprint density at radius 3 is 2.53 bits per heavy atom. The summed E-state index contributed by atoms with van der Waals surface area (Å²) in [6.07, 6.45) is 11.5. The van der Waals surface area contributed by atoms with Crippen LogP contribution in [-0.4, -0.2) is 32.6 Å². The highest BCUT2D eigenvalue weighted by atomic mass is 16.3. The van der Waals surface area contributed by atoms with E-state index in [1.54, 1.807) is 12.1 Å². The van der Waals surface area contributed by atoms with E-state index in [0.29, 0.717) is 5.75 Å². The van der Waals surface area contributed by atoms with Gasteiger partial charge >= 0.3 is 0 Å². The Hall–Kier alpha value is -2.72. The van der Waals surface area contributed by atoms with Gasteiger partial charge in [-0.25, -0.2) is 9.97 Å². The number of nitrogens with zero attached hydrogens (tertiary/aromatic N) is 3. The van der Waals surface area contributed by atoms with E-state index in [4.69, 9.17) is 4.98 Å². The monoisotopic (exact) mass is 429 g/mol. The number of benzene rings is 2. The summed E-state index contributed by atoms with van der Waals surface area (Å²) in [5.41, 5.74) is 4.76. The van der Waals surface area contributed by atoms with Gasteiger partial charge in [0.1, 0.15) is 11.6 Å². The fourth-order valence-corrected chi connectivity index (χ4v) is 4.80. The zero-order chi connectivity index (χ0) is 22.2. The summed E-state index contributed by atoms with van der Waals surface area (Å²) >= 11 is 0. The van der Waals surface area contributed by atoms with Crippen molar-refractivity contribution in [2.45, 2.75) is 70.9 Å². The Kier molecular flexibility index (Phi) is 7.89. The summed E-state index contributed by atoms with van der Waals surface area (Å²) in [5.74, 6) is 1.21. The van der Waals surface area contributed by atoms with Crippen LogP contribution in [0.3, 0.4) is 0 Å². The maximum Gasteiger partial charge on any atom is 0.128 e. The molecule has 1 aromatic heterocycles. The van der Waals surface area contributed by atoms with Crippen LogP contribution in [0.4, 0.5) is 0 Å². The van der Waals surface area contributed by atoms with E-state index < -0.39 is 0 Å². The van der Waals surface area contributed by atoms with E-state index >= 15 is 0 Å². The number of phenols is 1. The predicted molar refractivity (Wildman–Crippen MR) is 131 cm³/mol. The molecule has 0 amide bonds. The van der Waals surface area contributed by atoms with E-state index in [1.165, 1.54) is 48.8 Å². The van der Waals surface area contributed by atoms with Crippen molar-refractivity contribution in [2.24, 2.45) is 0 Å². The van der Waals surface area contributed by atoms with Gasteiger partial charge in [-0.2, -0.15) is 0 Å². The third-order valence-electron chi connectivity index (χ3n) is 6.61. The van der Waals surface area contributed by atoms with Gasteiger partial charge in [0, 0.05) is 30.8 Å². The van der Waals surface area contributed by atoms with Crippen molar-refractivity contribution in [3.63, 3.8) is 0 Å². The smallest absolute Gasteiger partial charge is 0.128 e. The topological polar surface area (TPSA) is 49.2 Å². The maximum absolute atomic E-state index is 9.42. The van der Waals surface area contributed by atoms with Crippen LogP contribution in [-0.2, 0) is 19.4 Å². The van der Waals surface area contributed by atoms with Crippen molar-refractivity contribution in [1.29, 1.82) is 0 Å². The minimum Gasteiger partial charge on any atom is -0.508 e. The zero-order valence-electron chi connectivity index (χ0n) is 19.2. The summed E-state index contributed by atoms with van der Waals surface area (Å²) in [6.45, 7) is 4.40. The number of hydrogen-bond donors (Lipinski definition) is 1. The second kappa shape index (κ2) is 11.2. The number of hydrogen-bond acceptors (Lipinski definition) is 4. The molecule has 0 saturated heterocycles. The van der Waals surface area contributed by atoms with E-state index in [2.05, 4.69) is 41.1 Å². The lowest BCUT2D eigenvalue weighted by molar-refractivity contribution is 0.156. The van der Waals surface area contributed by atoms with Gasteiger partial charge in [-0.3, -0.25) is 4.90 Å². The van der Waals surface area contributed by atoms with Crippen LogP contribution in [0, 0.1) is 0 Å². The molecule has 1 fully saturated rings. The average molecular weight is 430 g/mol. The largest absolute Gasteiger partial charge is 0.508 e. The Labute approximate surface area is 192 Å². The quantitative estimate of drug-likeness (QED) is 0.441. The molecule has 32 heavy (non-hydrogen) atoms. The third kappa shape index (κ3) is 6.17. The fourth-order valence-electron chi connectivity index (χ4n) is 4.80.